The Hall–Kier alpha value is -2.39. The Morgan fingerprint density at radius 1 is 1.15 bits per heavy atom. The summed E-state index contributed by atoms with van der Waals surface area (Å²) >= 11 is 7.44. The maximum absolute atomic E-state index is 13.0. The molecule has 2 heterocycles. The first-order valence-electron chi connectivity index (χ1n) is 11.7. The van der Waals surface area contributed by atoms with Crippen molar-refractivity contribution in [3.8, 4) is 0 Å². The fraction of sp³-hybridized carbons (Fsp3) is 0.500. The van der Waals surface area contributed by atoms with Gasteiger partial charge in [0.05, 0.1) is 5.75 Å². The number of anilines is 2. The molecule has 2 aliphatic rings. The second-order valence-electron chi connectivity index (χ2n) is 8.84. The highest BCUT2D eigenvalue weighted by Gasteiger charge is 2.33. The van der Waals surface area contributed by atoms with Crippen LogP contribution >= 0.6 is 23.4 Å². The van der Waals surface area contributed by atoms with Crippen molar-refractivity contribution in [3.63, 3.8) is 0 Å². The summed E-state index contributed by atoms with van der Waals surface area (Å²) in [4.78, 5) is 38.2. The highest BCUT2D eigenvalue weighted by molar-refractivity contribution is 7.99. The number of nitrogens with zero attached hydrogens (tertiary/aromatic N) is 4. The van der Waals surface area contributed by atoms with E-state index in [9.17, 15) is 14.0 Å². The van der Waals surface area contributed by atoms with Gasteiger partial charge in [0.15, 0.2) is 5.16 Å². The largest absolute Gasteiger partial charge is 0.353 e. The van der Waals surface area contributed by atoms with E-state index in [0.29, 0.717) is 41.4 Å². The smallest absolute Gasteiger partial charge is 0.234 e. The molecule has 2 aromatic rings. The Morgan fingerprint density at radius 3 is 2.59 bits per heavy atom. The van der Waals surface area contributed by atoms with Crippen LogP contribution < -0.4 is 10.2 Å². The molecular weight excluding hydrogens is 477 g/mol. The Kier molecular flexibility index (Phi) is 8.26. The van der Waals surface area contributed by atoms with Gasteiger partial charge < -0.3 is 15.1 Å². The van der Waals surface area contributed by atoms with Crippen molar-refractivity contribution in [2.45, 2.75) is 50.2 Å². The first kappa shape index (κ1) is 24.7. The van der Waals surface area contributed by atoms with Crippen LogP contribution in [0.1, 0.15) is 39.0 Å². The van der Waals surface area contributed by atoms with Crippen LogP contribution in [0.5, 0.6) is 0 Å². The number of thioether (sulfide) groups is 1. The van der Waals surface area contributed by atoms with E-state index < -0.39 is 0 Å². The van der Waals surface area contributed by atoms with E-state index >= 15 is 0 Å². The van der Waals surface area contributed by atoms with Gasteiger partial charge in [0.2, 0.25) is 11.8 Å². The predicted octanol–water partition coefficient (Wildman–Crippen LogP) is 4.62. The highest BCUT2D eigenvalue weighted by Crippen LogP contribution is 2.28. The standard InChI is InChI=1S/C24H29ClFN5O2S/c1-16-14-30(11-12-31(16)23(33)17-5-3-2-4-6-17)21-13-20(25)28-24(29-21)34-15-22(32)27-19-9-7-18(26)8-10-19/h7-10,13,16-17H,2-6,11-12,14-15H2,1H3,(H,27,32). The van der Waals surface area contributed by atoms with Gasteiger partial charge >= 0.3 is 0 Å². The molecule has 1 aliphatic carbocycles. The number of hydrogen-bond donors (Lipinski definition) is 1. The summed E-state index contributed by atoms with van der Waals surface area (Å²) in [5.41, 5.74) is 0.523. The Balaban J connectivity index is 1.34. The number of nitrogens with one attached hydrogen (secondary N) is 1. The average Bonchev–Trinajstić information content (AvgIpc) is 2.84. The number of rotatable bonds is 6. The van der Waals surface area contributed by atoms with Crippen molar-refractivity contribution in [1.82, 2.24) is 14.9 Å². The lowest BCUT2D eigenvalue weighted by atomic mass is 9.88. The molecule has 1 atom stereocenters. The second kappa shape index (κ2) is 11.4. The molecular formula is C24H29ClFN5O2S. The first-order valence-corrected chi connectivity index (χ1v) is 13.0. The molecule has 34 heavy (non-hydrogen) atoms. The van der Waals surface area contributed by atoms with Gasteiger partial charge in [-0.2, -0.15) is 0 Å². The molecule has 2 fully saturated rings. The van der Waals surface area contributed by atoms with E-state index in [1.807, 2.05) is 4.90 Å². The Bertz CT molecular complexity index is 1020. The predicted molar refractivity (Wildman–Crippen MR) is 133 cm³/mol. The van der Waals surface area contributed by atoms with Crippen LogP contribution in [-0.2, 0) is 9.59 Å². The molecule has 1 aromatic carbocycles. The number of aromatic nitrogens is 2. The highest BCUT2D eigenvalue weighted by atomic mass is 35.5. The van der Waals surface area contributed by atoms with E-state index in [1.54, 1.807) is 6.07 Å². The molecule has 1 unspecified atom stereocenters. The minimum atomic E-state index is -0.360. The van der Waals surface area contributed by atoms with Gasteiger partial charge in [-0.25, -0.2) is 14.4 Å². The van der Waals surface area contributed by atoms with Gasteiger partial charge in [-0.1, -0.05) is 42.6 Å². The minimum absolute atomic E-state index is 0.0782. The third kappa shape index (κ3) is 6.39. The lowest BCUT2D eigenvalue weighted by Crippen LogP contribution is -2.55. The second-order valence-corrected chi connectivity index (χ2v) is 10.2. The Morgan fingerprint density at radius 2 is 1.88 bits per heavy atom. The summed E-state index contributed by atoms with van der Waals surface area (Å²) in [6.45, 7) is 4.07. The van der Waals surface area contributed by atoms with Gasteiger partial charge in [-0.05, 0) is 44.0 Å². The molecule has 0 bridgehead atoms. The monoisotopic (exact) mass is 505 g/mol. The van der Waals surface area contributed by atoms with Crippen molar-refractivity contribution in [3.05, 3.63) is 41.3 Å². The van der Waals surface area contributed by atoms with Crippen molar-refractivity contribution in [1.29, 1.82) is 0 Å². The zero-order valence-corrected chi connectivity index (χ0v) is 20.7. The van der Waals surface area contributed by atoms with Crippen LogP contribution in [0.15, 0.2) is 35.5 Å². The molecule has 0 radical (unpaired) electrons. The molecule has 7 nitrogen and oxygen atoms in total. The molecule has 1 N–H and O–H groups in total. The zero-order chi connectivity index (χ0) is 24.1. The number of piperazine rings is 1. The number of carbonyl (C=O) groups is 2. The summed E-state index contributed by atoms with van der Waals surface area (Å²) < 4.78 is 13.0. The van der Waals surface area contributed by atoms with E-state index in [-0.39, 0.29) is 35.3 Å². The van der Waals surface area contributed by atoms with Crippen molar-refractivity contribution >= 4 is 46.7 Å². The van der Waals surface area contributed by atoms with Crippen LogP contribution in [0.2, 0.25) is 5.15 Å². The fourth-order valence-electron chi connectivity index (χ4n) is 4.55. The van der Waals surface area contributed by atoms with Crippen LogP contribution in [0.4, 0.5) is 15.9 Å². The fourth-order valence-corrected chi connectivity index (χ4v) is 5.43. The van der Waals surface area contributed by atoms with E-state index in [4.69, 9.17) is 11.6 Å². The number of halogens is 2. The van der Waals surface area contributed by atoms with Crippen LogP contribution in [0, 0.1) is 11.7 Å². The molecule has 10 heteroatoms. The van der Waals surface area contributed by atoms with Crippen molar-refractivity contribution < 1.29 is 14.0 Å². The van der Waals surface area contributed by atoms with Gasteiger partial charge in [0, 0.05) is 43.3 Å². The van der Waals surface area contributed by atoms with Gasteiger partial charge in [0.1, 0.15) is 16.8 Å². The molecule has 1 saturated carbocycles. The zero-order valence-electron chi connectivity index (χ0n) is 19.2. The number of benzene rings is 1. The molecule has 2 amide bonds. The summed E-state index contributed by atoms with van der Waals surface area (Å²) in [6, 6.07) is 7.39. The van der Waals surface area contributed by atoms with E-state index in [1.165, 1.54) is 42.4 Å². The molecule has 4 rings (SSSR count). The van der Waals surface area contributed by atoms with Gasteiger partial charge in [0.25, 0.3) is 0 Å². The van der Waals surface area contributed by atoms with Gasteiger partial charge in [-0.3, -0.25) is 9.59 Å². The summed E-state index contributed by atoms with van der Waals surface area (Å²) in [5.74, 6) is 0.636. The maximum atomic E-state index is 13.0. The van der Waals surface area contributed by atoms with Crippen LogP contribution in [-0.4, -0.2) is 58.1 Å². The van der Waals surface area contributed by atoms with Crippen LogP contribution in [0.3, 0.4) is 0 Å². The SMILES string of the molecule is CC1CN(c2cc(Cl)nc(SCC(=O)Nc3ccc(F)cc3)n2)CCN1C(=O)C1CCCCC1. The molecule has 1 aliphatic heterocycles. The minimum Gasteiger partial charge on any atom is -0.353 e. The third-order valence-corrected chi connectivity index (χ3v) is 7.35. The summed E-state index contributed by atoms with van der Waals surface area (Å²) in [5, 5.41) is 3.43. The molecule has 1 saturated heterocycles. The van der Waals surface area contributed by atoms with Gasteiger partial charge in [-0.15, -0.1) is 0 Å². The number of hydrogen-bond acceptors (Lipinski definition) is 6. The number of carbonyl (C=O) groups excluding carboxylic acids is 2. The topological polar surface area (TPSA) is 78.4 Å². The maximum Gasteiger partial charge on any atom is 0.234 e. The molecule has 0 spiro atoms. The Labute approximate surface area is 208 Å². The normalized spacial score (nSPS) is 19.2. The van der Waals surface area contributed by atoms with Crippen LogP contribution in [0.25, 0.3) is 0 Å². The quantitative estimate of drug-likeness (QED) is 0.351. The third-order valence-electron chi connectivity index (χ3n) is 6.31. The summed E-state index contributed by atoms with van der Waals surface area (Å²) in [6.07, 6.45) is 5.53. The first-order chi connectivity index (χ1) is 16.4. The number of amides is 2. The molecule has 1 aromatic heterocycles. The summed E-state index contributed by atoms with van der Waals surface area (Å²) in [7, 11) is 0. The molecule has 182 valence electrons. The van der Waals surface area contributed by atoms with Crippen molar-refractivity contribution in [2.75, 3.05) is 35.6 Å². The lowest BCUT2D eigenvalue weighted by molar-refractivity contribution is -0.139. The van der Waals surface area contributed by atoms with E-state index in [2.05, 4.69) is 27.1 Å². The lowest BCUT2D eigenvalue weighted by Gasteiger charge is -2.42. The van der Waals surface area contributed by atoms with Crippen molar-refractivity contribution in [2.24, 2.45) is 5.92 Å². The van der Waals surface area contributed by atoms with E-state index in [0.717, 1.165) is 25.7 Å². The average molecular weight is 506 g/mol.